The van der Waals surface area contributed by atoms with Gasteiger partial charge in [-0.15, -0.1) is 0 Å². The second-order valence-corrected chi connectivity index (χ2v) is 4.02. The summed E-state index contributed by atoms with van der Waals surface area (Å²) in [6.45, 7) is 5.18. The predicted octanol–water partition coefficient (Wildman–Crippen LogP) is -0.682. The van der Waals surface area contributed by atoms with Crippen molar-refractivity contribution in [3.8, 4) is 0 Å². The predicted molar refractivity (Wildman–Crippen MR) is 57.0 cm³/mol. The van der Waals surface area contributed by atoms with Crippen LogP contribution in [0.25, 0.3) is 0 Å². The lowest BCUT2D eigenvalue weighted by Gasteiger charge is -2.30. The molecule has 0 aromatic carbocycles. The van der Waals surface area contributed by atoms with Gasteiger partial charge in [-0.25, -0.2) is 0 Å². The van der Waals surface area contributed by atoms with E-state index in [9.17, 15) is 9.59 Å². The standard InChI is InChI=1S/C10H19N3O2/c1-3-7(2)9(11)10(15)13-5-4-12-8(14)6-13/h7,9H,3-6,11H2,1-2H3,(H,12,14)/t7?,9-/m0/s1. The van der Waals surface area contributed by atoms with Crippen LogP contribution in [0.2, 0.25) is 0 Å². The van der Waals surface area contributed by atoms with E-state index < -0.39 is 6.04 Å². The number of nitrogens with two attached hydrogens (primary N) is 1. The second kappa shape index (κ2) is 5.11. The van der Waals surface area contributed by atoms with Gasteiger partial charge < -0.3 is 16.0 Å². The summed E-state index contributed by atoms with van der Waals surface area (Å²) in [5.41, 5.74) is 5.82. The Balaban J connectivity index is 2.55. The monoisotopic (exact) mass is 213 g/mol. The Kier molecular flexibility index (Phi) is 4.08. The molecule has 2 atom stereocenters. The number of rotatable bonds is 3. The van der Waals surface area contributed by atoms with E-state index in [1.54, 1.807) is 0 Å². The Morgan fingerprint density at radius 1 is 1.67 bits per heavy atom. The van der Waals surface area contributed by atoms with Crippen LogP contribution in [0, 0.1) is 5.92 Å². The molecule has 5 nitrogen and oxygen atoms in total. The van der Waals surface area contributed by atoms with Gasteiger partial charge in [-0.1, -0.05) is 20.3 Å². The van der Waals surface area contributed by atoms with Crippen LogP contribution in [-0.4, -0.2) is 42.4 Å². The van der Waals surface area contributed by atoms with Crippen LogP contribution in [0.1, 0.15) is 20.3 Å². The van der Waals surface area contributed by atoms with Gasteiger partial charge in [0.15, 0.2) is 0 Å². The maximum atomic E-state index is 11.9. The number of nitrogens with zero attached hydrogens (tertiary/aromatic N) is 1. The summed E-state index contributed by atoms with van der Waals surface area (Å²) in [4.78, 5) is 24.5. The van der Waals surface area contributed by atoms with Gasteiger partial charge in [0.2, 0.25) is 11.8 Å². The highest BCUT2D eigenvalue weighted by molar-refractivity contribution is 5.88. The minimum Gasteiger partial charge on any atom is -0.353 e. The summed E-state index contributed by atoms with van der Waals surface area (Å²) in [6.07, 6.45) is 0.868. The smallest absolute Gasteiger partial charge is 0.240 e. The van der Waals surface area contributed by atoms with Gasteiger partial charge in [0.1, 0.15) is 0 Å². The lowest BCUT2D eigenvalue weighted by Crippen LogP contribution is -2.55. The first kappa shape index (κ1) is 12.0. The normalized spacial score (nSPS) is 20.7. The van der Waals surface area contributed by atoms with E-state index in [1.807, 2.05) is 13.8 Å². The Morgan fingerprint density at radius 3 is 2.87 bits per heavy atom. The molecule has 1 aliphatic rings. The molecular weight excluding hydrogens is 194 g/mol. The molecular formula is C10H19N3O2. The summed E-state index contributed by atoms with van der Waals surface area (Å²) >= 11 is 0. The summed E-state index contributed by atoms with van der Waals surface area (Å²) in [5, 5.41) is 2.68. The highest BCUT2D eigenvalue weighted by atomic mass is 16.2. The van der Waals surface area contributed by atoms with Crippen molar-refractivity contribution >= 4 is 11.8 Å². The van der Waals surface area contributed by atoms with Crippen LogP contribution < -0.4 is 11.1 Å². The molecule has 0 aliphatic carbocycles. The number of hydrogen-bond donors (Lipinski definition) is 2. The van der Waals surface area contributed by atoms with E-state index in [4.69, 9.17) is 5.73 Å². The van der Waals surface area contributed by atoms with Gasteiger partial charge in [-0.2, -0.15) is 0 Å². The molecule has 1 aliphatic heterocycles. The zero-order valence-corrected chi connectivity index (χ0v) is 9.32. The van der Waals surface area contributed by atoms with Crippen molar-refractivity contribution in [1.82, 2.24) is 10.2 Å². The van der Waals surface area contributed by atoms with Crippen LogP contribution >= 0.6 is 0 Å². The molecule has 0 radical (unpaired) electrons. The van der Waals surface area contributed by atoms with Gasteiger partial charge >= 0.3 is 0 Å². The molecule has 0 aromatic rings. The molecule has 86 valence electrons. The fourth-order valence-corrected chi connectivity index (χ4v) is 1.53. The lowest BCUT2D eigenvalue weighted by atomic mass is 9.98. The van der Waals surface area contributed by atoms with E-state index in [-0.39, 0.29) is 24.3 Å². The van der Waals surface area contributed by atoms with Crippen molar-refractivity contribution < 1.29 is 9.59 Å². The molecule has 1 unspecified atom stereocenters. The first-order chi connectivity index (χ1) is 7.06. The Morgan fingerprint density at radius 2 is 2.33 bits per heavy atom. The van der Waals surface area contributed by atoms with Crippen LogP contribution in [0.4, 0.5) is 0 Å². The van der Waals surface area contributed by atoms with Crippen molar-refractivity contribution in [2.75, 3.05) is 19.6 Å². The number of hydrogen-bond acceptors (Lipinski definition) is 3. The Hall–Kier alpha value is -1.10. The minimum atomic E-state index is -0.485. The third-order valence-electron chi connectivity index (χ3n) is 2.89. The molecule has 1 fully saturated rings. The summed E-state index contributed by atoms with van der Waals surface area (Å²) in [6, 6.07) is -0.485. The number of amides is 2. The molecule has 1 heterocycles. The molecule has 0 spiro atoms. The molecule has 5 heteroatoms. The van der Waals surface area contributed by atoms with Crippen molar-refractivity contribution in [1.29, 1.82) is 0 Å². The maximum Gasteiger partial charge on any atom is 0.240 e. The molecule has 1 rings (SSSR count). The van der Waals surface area contributed by atoms with E-state index in [1.165, 1.54) is 4.90 Å². The van der Waals surface area contributed by atoms with Crippen LogP contribution in [0.5, 0.6) is 0 Å². The van der Waals surface area contributed by atoms with Gasteiger partial charge in [-0.3, -0.25) is 9.59 Å². The average Bonchev–Trinajstić information content (AvgIpc) is 2.26. The van der Waals surface area contributed by atoms with Gasteiger partial charge in [0, 0.05) is 13.1 Å². The SMILES string of the molecule is CCC(C)[C@H](N)C(=O)N1CCNC(=O)C1. The fraction of sp³-hybridized carbons (Fsp3) is 0.800. The van der Waals surface area contributed by atoms with E-state index in [0.717, 1.165) is 6.42 Å². The first-order valence-electron chi connectivity index (χ1n) is 5.37. The average molecular weight is 213 g/mol. The zero-order valence-electron chi connectivity index (χ0n) is 9.32. The largest absolute Gasteiger partial charge is 0.353 e. The van der Waals surface area contributed by atoms with Crippen LogP contribution in [0.3, 0.4) is 0 Å². The van der Waals surface area contributed by atoms with Crippen molar-refractivity contribution in [2.45, 2.75) is 26.3 Å². The zero-order chi connectivity index (χ0) is 11.4. The quantitative estimate of drug-likeness (QED) is 0.652. The Bertz CT molecular complexity index is 255. The Labute approximate surface area is 90.0 Å². The second-order valence-electron chi connectivity index (χ2n) is 4.02. The highest BCUT2D eigenvalue weighted by Crippen LogP contribution is 2.09. The molecule has 15 heavy (non-hydrogen) atoms. The van der Waals surface area contributed by atoms with E-state index in [2.05, 4.69) is 5.32 Å². The van der Waals surface area contributed by atoms with Crippen molar-refractivity contribution in [2.24, 2.45) is 11.7 Å². The molecule has 0 bridgehead atoms. The number of carbonyl (C=O) groups excluding carboxylic acids is 2. The summed E-state index contributed by atoms with van der Waals surface area (Å²) in [5.74, 6) is -0.0624. The number of nitrogens with one attached hydrogen (secondary N) is 1. The van der Waals surface area contributed by atoms with Gasteiger partial charge in [0.25, 0.3) is 0 Å². The number of carbonyl (C=O) groups is 2. The fourth-order valence-electron chi connectivity index (χ4n) is 1.53. The molecule has 2 amide bonds. The highest BCUT2D eigenvalue weighted by Gasteiger charge is 2.27. The topological polar surface area (TPSA) is 75.4 Å². The van der Waals surface area contributed by atoms with Gasteiger partial charge in [-0.05, 0) is 5.92 Å². The van der Waals surface area contributed by atoms with Crippen molar-refractivity contribution in [3.63, 3.8) is 0 Å². The maximum absolute atomic E-state index is 11.9. The van der Waals surface area contributed by atoms with Crippen LogP contribution in [-0.2, 0) is 9.59 Å². The number of piperazine rings is 1. The lowest BCUT2D eigenvalue weighted by molar-refractivity contribution is -0.140. The van der Waals surface area contributed by atoms with E-state index in [0.29, 0.717) is 13.1 Å². The van der Waals surface area contributed by atoms with Crippen molar-refractivity contribution in [3.05, 3.63) is 0 Å². The molecule has 0 saturated carbocycles. The van der Waals surface area contributed by atoms with E-state index >= 15 is 0 Å². The summed E-state index contributed by atoms with van der Waals surface area (Å²) in [7, 11) is 0. The third-order valence-corrected chi connectivity index (χ3v) is 2.89. The van der Waals surface area contributed by atoms with Crippen LogP contribution in [0.15, 0.2) is 0 Å². The third kappa shape index (κ3) is 2.92. The molecule has 1 saturated heterocycles. The van der Waals surface area contributed by atoms with Gasteiger partial charge in [0.05, 0.1) is 12.6 Å². The summed E-state index contributed by atoms with van der Waals surface area (Å²) < 4.78 is 0. The first-order valence-corrected chi connectivity index (χ1v) is 5.37. The molecule has 0 aromatic heterocycles. The molecule has 3 N–H and O–H groups in total. The minimum absolute atomic E-state index is 0.106.